The van der Waals surface area contributed by atoms with Crippen LogP contribution < -0.4 is 15.5 Å². The van der Waals surface area contributed by atoms with Crippen molar-refractivity contribution in [2.75, 3.05) is 44.0 Å². The van der Waals surface area contributed by atoms with Crippen LogP contribution in [0.25, 0.3) is 0 Å². The standard InChI is InChI=1S/C16H24N4O/c1-18-8-4-5-12(10-18)19(2)11-6-7-13-14(9-11)20(3)16(21)15(13)17/h6-7,9,12,15H,4-5,8,10,17H2,1-3H3. The summed E-state index contributed by atoms with van der Waals surface area (Å²) in [6.45, 7) is 2.27. The molecule has 1 fully saturated rings. The van der Waals surface area contributed by atoms with Crippen molar-refractivity contribution in [1.29, 1.82) is 0 Å². The number of carbonyl (C=O) groups is 1. The van der Waals surface area contributed by atoms with Crippen molar-refractivity contribution in [3.8, 4) is 0 Å². The zero-order valence-corrected chi connectivity index (χ0v) is 13.0. The minimum Gasteiger partial charge on any atom is -0.370 e. The Morgan fingerprint density at radius 3 is 2.81 bits per heavy atom. The minimum atomic E-state index is -0.509. The number of amides is 1. The smallest absolute Gasteiger partial charge is 0.248 e. The van der Waals surface area contributed by atoms with E-state index in [1.165, 1.54) is 19.4 Å². The maximum Gasteiger partial charge on any atom is 0.248 e. The van der Waals surface area contributed by atoms with E-state index in [2.05, 4.69) is 36.0 Å². The Kier molecular flexibility index (Phi) is 3.63. The second-order valence-electron chi connectivity index (χ2n) is 6.29. The van der Waals surface area contributed by atoms with E-state index in [1.807, 2.05) is 6.07 Å². The number of hydrogen-bond acceptors (Lipinski definition) is 4. The van der Waals surface area contributed by atoms with Crippen LogP contribution in [0.1, 0.15) is 24.4 Å². The molecule has 0 bridgehead atoms. The largest absolute Gasteiger partial charge is 0.370 e. The molecular formula is C16H24N4O. The monoisotopic (exact) mass is 288 g/mol. The molecule has 3 rings (SSSR count). The molecule has 114 valence electrons. The summed E-state index contributed by atoms with van der Waals surface area (Å²) in [5, 5.41) is 0. The molecule has 1 saturated heterocycles. The summed E-state index contributed by atoms with van der Waals surface area (Å²) in [6, 6.07) is 6.19. The van der Waals surface area contributed by atoms with Gasteiger partial charge in [-0.25, -0.2) is 0 Å². The highest BCUT2D eigenvalue weighted by atomic mass is 16.2. The number of anilines is 2. The Hall–Kier alpha value is -1.59. The van der Waals surface area contributed by atoms with Crippen molar-refractivity contribution in [3.05, 3.63) is 23.8 Å². The zero-order valence-electron chi connectivity index (χ0n) is 13.0. The molecule has 1 aromatic carbocycles. The summed E-state index contributed by atoms with van der Waals surface area (Å²) in [4.78, 5) is 18.3. The fourth-order valence-corrected chi connectivity index (χ4v) is 3.43. The highest BCUT2D eigenvalue weighted by Gasteiger charge is 2.33. The first kappa shape index (κ1) is 14.4. The van der Waals surface area contributed by atoms with Gasteiger partial charge in [-0.1, -0.05) is 6.07 Å². The van der Waals surface area contributed by atoms with Crippen LogP contribution in [0, 0.1) is 0 Å². The second-order valence-corrected chi connectivity index (χ2v) is 6.29. The highest BCUT2D eigenvalue weighted by Crippen LogP contribution is 2.36. The predicted octanol–water partition coefficient (Wildman–Crippen LogP) is 1.19. The molecule has 2 aliphatic rings. The fourth-order valence-electron chi connectivity index (χ4n) is 3.43. The van der Waals surface area contributed by atoms with Gasteiger partial charge in [0.15, 0.2) is 0 Å². The molecule has 0 radical (unpaired) electrons. The predicted molar refractivity (Wildman–Crippen MR) is 85.7 cm³/mol. The molecule has 2 heterocycles. The van der Waals surface area contributed by atoms with E-state index >= 15 is 0 Å². The van der Waals surface area contributed by atoms with Gasteiger partial charge in [-0.05, 0) is 38.6 Å². The first-order valence-corrected chi connectivity index (χ1v) is 7.57. The summed E-state index contributed by atoms with van der Waals surface area (Å²) in [6.07, 6.45) is 2.45. The molecule has 0 spiro atoms. The summed E-state index contributed by atoms with van der Waals surface area (Å²) in [7, 11) is 6.11. The molecule has 0 saturated carbocycles. The molecule has 1 amide bonds. The minimum absolute atomic E-state index is 0.0257. The number of benzene rings is 1. The molecule has 2 unspecified atom stereocenters. The van der Waals surface area contributed by atoms with Crippen molar-refractivity contribution in [3.63, 3.8) is 0 Å². The first-order chi connectivity index (χ1) is 9.99. The Balaban J connectivity index is 1.86. The Labute approximate surface area is 126 Å². The topological polar surface area (TPSA) is 52.8 Å². The molecule has 5 nitrogen and oxygen atoms in total. The normalized spacial score (nSPS) is 26.1. The number of nitrogens with two attached hydrogens (primary N) is 1. The number of piperidine rings is 1. The van der Waals surface area contributed by atoms with Crippen LogP contribution in [0.15, 0.2) is 18.2 Å². The number of likely N-dealkylation sites (N-methyl/N-ethyl adjacent to an activating group) is 3. The quantitative estimate of drug-likeness (QED) is 0.888. The number of nitrogens with zero attached hydrogens (tertiary/aromatic N) is 3. The van der Waals surface area contributed by atoms with E-state index in [0.29, 0.717) is 6.04 Å². The third-order valence-electron chi connectivity index (χ3n) is 4.86. The van der Waals surface area contributed by atoms with Gasteiger partial charge in [-0.15, -0.1) is 0 Å². The lowest BCUT2D eigenvalue weighted by Crippen LogP contribution is -2.45. The Bertz CT molecular complexity index is 559. The fraction of sp³-hybridized carbons (Fsp3) is 0.562. The lowest BCUT2D eigenvalue weighted by molar-refractivity contribution is -0.118. The van der Waals surface area contributed by atoms with Crippen LogP contribution in [-0.2, 0) is 4.79 Å². The van der Waals surface area contributed by atoms with E-state index in [9.17, 15) is 4.79 Å². The van der Waals surface area contributed by atoms with Gasteiger partial charge in [0.25, 0.3) is 0 Å². The molecule has 2 atom stereocenters. The molecule has 21 heavy (non-hydrogen) atoms. The van der Waals surface area contributed by atoms with Gasteiger partial charge < -0.3 is 20.4 Å². The maximum absolute atomic E-state index is 12.0. The van der Waals surface area contributed by atoms with Crippen molar-refractivity contribution in [2.24, 2.45) is 5.73 Å². The van der Waals surface area contributed by atoms with E-state index in [1.54, 1.807) is 11.9 Å². The molecule has 0 aliphatic carbocycles. The molecule has 5 heteroatoms. The molecular weight excluding hydrogens is 264 g/mol. The number of hydrogen-bond donors (Lipinski definition) is 1. The van der Waals surface area contributed by atoms with E-state index in [0.717, 1.165) is 23.5 Å². The van der Waals surface area contributed by atoms with E-state index in [4.69, 9.17) is 5.73 Å². The molecule has 1 aromatic rings. The third kappa shape index (κ3) is 2.40. The Morgan fingerprint density at radius 2 is 2.10 bits per heavy atom. The lowest BCUT2D eigenvalue weighted by Gasteiger charge is -2.37. The van der Waals surface area contributed by atoms with Crippen LogP contribution in [0.4, 0.5) is 11.4 Å². The van der Waals surface area contributed by atoms with Crippen LogP contribution in [0.5, 0.6) is 0 Å². The molecule has 2 N–H and O–H groups in total. The van der Waals surface area contributed by atoms with Gasteiger partial charge >= 0.3 is 0 Å². The van der Waals surface area contributed by atoms with Gasteiger partial charge in [0.1, 0.15) is 6.04 Å². The van der Waals surface area contributed by atoms with Gasteiger partial charge in [0.2, 0.25) is 5.91 Å². The van der Waals surface area contributed by atoms with Crippen LogP contribution in [0.2, 0.25) is 0 Å². The van der Waals surface area contributed by atoms with Gasteiger partial charge in [0.05, 0.1) is 5.69 Å². The van der Waals surface area contributed by atoms with Crippen LogP contribution >= 0.6 is 0 Å². The van der Waals surface area contributed by atoms with Crippen molar-refractivity contribution >= 4 is 17.3 Å². The Morgan fingerprint density at radius 1 is 1.33 bits per heavy atom. The van der Waals surface area contributed by atoms with Gasteiger partial charge in [-0.2, -0.15) is 0 Å². The van der Waals surface area contributed by atoms with E-state index in [-0.39, 0.29) is 5.91 Å². The number of likely N-dealkylation sites (tertiary alicyclic amines) is 1. The first-order valence-electron chi connectivity index (χ1n) is 7.57. The van der Waals surface area contributed by atoms with Crippen molar-refractivity contribution < 1.29 is 4.79 Å². The summed E-state index contributed by atoms with van der Waals surface area (Å²) < 4.78 is 0. The SMILES string of the molecule is CN1CCCC(N(C)c2ccc3c(c2)N(C)C(=O)C3N)C1. The van der Waals surface area contributed by atoms with Gasteiger partial charge in [-0.3, -0.25) is 4.79 Å². The van der Waals surface area contributed by atoms with Crippen LogP contribution in [-0.4, -0.2) is 51.1 Å². The van der Waals surface area contributed by atoms with Crippen molar-refractivity contribution in [2.45, 2.75) is 24.9 Å². The molecule has 0 aromatic heterocycles. The van der Waals surface area contributed by atoms with E-state index < -0.39 is 6.04 Å². The van der Waals surface area contributed by atoms with Crippen molar-refractivity contribution in [1.82, 2.24) is 4.90 Å². The summed E-state index contributed by atoms with van der Waals surface area (Å²) in [5.74, 6) is -0.0257. The van der Waals surface area contributed by atoms with Gasteiger partial charge in [0, 0.05) is 37.9 Å². The average molecular weight is 288 g/mol. The average Bonchev–Trinajstić information content (AvgIpc) is 2.71. The summed E-state index contributed by atoms with van der Waals surface area (Å²) >= 11 is 0. The highest BCUT2D eigenvalue weighted by molar-refractivity contribution is 6.04. The number of fused-ring (bicyclic) bond motifs is 1. The molecule has 2 aliphatic heterocycles. The lowest BCUT2D eigenvalue weighted by atomic mass is 10.0. The third-order valence-corrected chi connectivity index (χ3v) is 4.86. The maximum atomic E-state index is 12.0. The zero-order chi connectivity index (χ0) is 15.1. The number of rotatable bonds is 2. The summed E-state index contributed by atoms with van der Waals surface area (Å²) in [5.41, 5.74) is 8.99. The van der Waals surface area contributed by atoms with Crippen LogP contribution in [0.3, 0.4) is 0 Å². The number of carbonyl (C=O) groups excluding carboxylic acids is 1. The second kappa shape index (κ2) is 5.31.